The highest BCUT2D eigenvalue weighted by Crippen LogP contribution is 2.11. The topological polar surface area (TPSA) is 70.2 Å². The van der Waals surface area contributed by atoms with Crippen molar-refractivity contribution in [3.8, 4) is 0 Å². The summed E-state index contributed by atoms with van der Waals surface area (Å²) in [6, 6.07) is 16.5. The number of nitrogens with one attached hydrogen (secondary N) is 3. The molecule has 0 bridgehead atoms. The van der Waals surface area contributed by atoms with Gasteiger partial charge in [0.05, 0.1) is 6.42 Å². The van der Waals surface area contributed by atoms with Gasteiger partial charge in [0.2, 0.25) is 5.91 Å². The molecule has 0 heterocycles. The molecule has 0 saturated carbocycles. The Morgan fingerprint density at radius 1 is 1.08 bits per heavy atom. The summed E-state index contributed by atoms with van der Waals surface area (Å²) in [6.45, 7) is 3.97. The van der Waals surface area contributed by atoms with Gasteiger partial charge in [0.25, 0.3) is 5.91 Å². The predicted octanol–water partition coefficient (Wildman–Crippen LogP) is 3.27. The van der Waals surface area contributed by atoms with Crippen LogP contribution in [0.15, 0.2) is 54.6 Å². The number of rotatable bonds is 6. The third kappa shape index (κ3) is 6.29. The van der Waals surface area contributed by atoms with Crippen LogP contribution < -0.4 is 16.0 Å². The van der Waals surface area contributed by atoms with Gasteiger partial charge in [-0.15, -0.1) is 0 Å². The van der Waals surface area contributed by atoms with E-state index in [4.69, 9.17) is 12.2 Å². The lowest BCUT2D eigenvalue weighted by Gasteiger charge is -2.13. The van der Waals surface area contributed by atoms with Crippen molar-refractivity contribution in [3.63, 3.8) is 0 Å². The molecule has 2 amide bonds. The van der Waals surface area contributed by atoms with Crippen LogP contribution in [0.4, 0.5) is 5.69 Å². The smallest absolute Gasteiger partial charge is 0.251 e. The molecule has 5 nitrogen and oxygen atoms in total. The lowest BCUT2D eigenvalue weighted by atomic mass is 10.1. The Labute approximate surface area is 159 Å². The van der Waals surface area contributed by atoms with Gasteiger partial charge in [-0.1, -0.05) is 43.3 Å². The molecule has 6 heteroatoms. The molecule has 0 aromatic heterocycles. The fourth-order valence-corrected chi connectivity index (χ4v) is 2.49. The second-order valence-corrected chi connectivity index (χ2v) is 6.44. The second-order valence-electron chi connectivity index (χ2n) is 6.03. The minimum atomic E-state index is -0.195. The summed E-state index contributed by atoms with van der Waals surface area (Å²) in [6.07, 6.45) is 1.11. The lowest BCUT2D eigenvalue weighted by molar-refractivity contribution is -0.119. The third-order valence-electron chi connectivity index (χ3n) is 3.83. The minimum Gasteiger partial charge on any atom is -0.350 e. The summed E-state index contributed by atoms with van der Waals surface area (Å²) in [5.41, 5.74) is 2.09. The highest BCUT2D eigenvalue weighted by atomic mass is 32.1. The van der Waals surface area contributed by atoms with Crippen LogP contribution in [0.25, 0.3) is 0 Å². The largest absolute Gasteiger partial charge is 0.350 e. The Balaban J connectivity index is 1.91. The van der Waals surface area contributed by atoms with Gasteiger partial charge in [-0.3, -0.25) is 9.59 Å². The molecule has 2 aromatic rings. The number of hydrogen-bond acceptors (Lipinski definition) is 3. The molecule has 2 aromatic carbocycles. The Hall–Kier alpha value is -2.73. The average molecular weight is 369 g/mol. The molecule has 1 unspecified atom stereocenters. The second kappa shape index (κ2) is 9.68. The van der Waals surface area contributed by atoms with Gasteiger partial charge < -0.3 is 16.0 Å². The van der Waals surface area contributed by atoms with Crippen molar-refractivity contribution in [1.82, 2.24) is 10.6 Å². The number of thiocarbonyl (C=S) groups is 1. The van der Waals surface area contributed by atoms with Crippen molar-refractivity contribution >= 4 is 34.8 Å². The molecule has 0 spiro atoms. The van der Waals surface area contributed by atoms with E-state index in [2.05, 4.69) is 16.0 Å². The molecule has 26 heavy (non-hydrogen) atoms. The number of amides is 2. The third-order valence-corrected chi connectivity index (χ3v) is 4.04. The molecule has 0 fully saturated rings. The maximum atomic E-state index is 12.2. The number of benzene rings is 2. The molecule has 0 aliphatic carbocycles. The quantitative estimate of drug-likeness (QED) is 0.684. The summed E-state index contributed by atoms with van der Waals surface area (Å²) in [7, 11) is 0. The van der Waals surface area contributed by atoms with E-state index in [9.17, 15) is 9.59 Å². The monoisotopic (exact) mass is 369 g/mol. The highest BCUT2D eigenvalue weighted by Gasteiger charge is 2.10. The number of anilines is 1. The Morgan fingerprint density at radius 3 is 2.50 bits per heavy atom. The maximum Gasteiger partial charge on any atom is 0.251 e. The SMILES string of the molecule is CCC(C)NC(=O)c1cccc(NC(=S)NC(=O)Cc2ccccc2)c1. The molecule has 0 radical (unpaired) electrons. The van der Waals surface area contributed by atoms with Gasteiger partial charge in [-0.25, -0.2) is 0 Å². The van der Waals surface area contributed by atoms with Gasteiger partial charge in [0.1, 0.15) is 0 Å². The molecular weight excluding hydrogens is 346 g/mol. The van der Waals surface area contributed by atoms with Crippen LogP contribution in [-0.2, 0) is 11.2 Å². The van der Waals surface area contributed by atoms with Crippen LogP contribution in [0.1, 0.15) is 36.2 Å². The molecule has 2 rings (SSSR count). The van der Waals surface area contributed by atoms with Crippen molar-refractivity contribution in [2.45, 2.75) is 32.7 Å². The lowest BCUT2D eigenvalue weighted by Crippen LogP contribution is -2.35. The Morgan fingerprint density at radius 2 is 1.81 bits per heavy atom. The molecule has 0 aliphatic rings. The van der Waals surface area contributed by atoms with Crippen LogP contribution in [0.2, 0.25) is 0 Å². The van der Waals surface area contributed by atoms with E-state index < -0.39 is 0 Å². The zero-order valence-electron chi connectivity index (χ0n) is 14.9. The summed E-state index contributed by atoms with van der Waals surface area (Å²) in [4.78, 5) is 24.2. The van der Waals surface area contributed by atoms with E-state index in [-0.39, 0.29) is 29.4 Å². The predicted molar refractivity (Wildman–Crippen MR) is 108 cm³/mol. The van der Waals surface area contributed by atoms with Crippen LogP contribution in [0.3, 0.4) is 0 Å². The standard InChI is InChI=1S/C20H23N3O2S/c1-3-14(2)21-19(25)16-10-7-11-17(13-16)22-20(26)23-18(24)12-15-8-5-4-6-9-15/h4-11,13-14H,3,12H2,1-2H3,(H,21,25)(H2,22,23,24,26). The van der Waals surface area contributed by atoms with Crippen LogP contribution >= 0.6 is 12.2 Å². The first-order valence-electron chi connectivity index (χ1n) is 8.53. The van der Waals surface area contributed by atoms with E-state index in [1.54, 1.807) is 24.3 Å². The summed E-state index contributed by atoms with van der Waals surface area (Å²) >= 11 is 5.18. The van der Waals surface area contributed by atoms with Crippen LogP contribution in [0, 0.1) is 0 Å². The summed E-state index contributed by atoms with van der Waals surface area (Å²) < 4.78 is 0. The first-order valence-corrected chi connectivity index (χ1v) is 8.94. The molecule has 1 atom stereocenters. The highest BCUT2D eigenvalue weighted by molar-refractivity contribution is 7.80. The number of hydrogen-bond donors (Lipinski definition) is 3. The van der Waals surface area contributed by atoms with Gasteiger partial charge >= 0.3 is 0 Å². The zero-order valence-corrected chi connectivity index (χ0v) is 15.7. The Kier molecular flexibility index (Phi) is 7.29. The van der Waals surface area contributed by atoms with Crippen LogP contribution in [-0.4, -0.2) is 23.0 Å². The van der Waals surface area contributed by atoms with Crippen molar-refractivity contribution in [3.05, 3.63) is 65.7 Å². The number of carbonyl (C=O) groups excluding carboxylic acids is 2. The fraction of sp³-hybridized carbons (Fsp3) is 0.250. The molecule has 136 valence electrons. The first kappa shape index (κ1) is 19.6. The van der Waals surface area contributed by atoms with Gasteiger partial charge in [-0.2, -0.15) is 0 Å². The normalized spacial score (nSPS) is 11.3. The van der Waals surface area contributed by atoms with Gasteiger partial charge in [-0.05, 0) is 49.3 Å². The summed E-state index contributed by atoms with van der Waals surface area (Å²) in [5, 5.41) is 8.70. The van der Waals surface area contributed by atoms with E-state index in [0.717, 1.165) is 12.0 Å². The van der Waals surface area contributed by atoms with Crippen molar-refractivity contribution in [2.24, 2.45) is 0 Å². The van der Waals surface area contributed by atoms with Crippen molar-refractivity contribution in [1.29, 1.82) is 0 Å². The van der Waals surface area contributed by atoms with E-state index in [0.29, 0.717) is 11.3 Å². The molecule has 3 N–H and O–H groups in total. The molecule has 0 aliphatic heterocycles. The molecule has 0 saturated heterocycles. The van der Waals surface area contributed by atoms with E-state index in [1.807, 2.05) is 44.2 Å². The fourth-order valence-electron chi connectivity index (χ4n) is 2.26. The minimum absolute atomic E-state index is 0.109. The maximum absolute atomic E-state index is 12.2. The first-order chi connectivity index (χ1) is 12.5. The average Bonchev–Trinajstić information content (AvgIpc) is 2.62. The van der Waals surface area contributed by atoms with E-state index >= 15 is 0 Å². The van der Waals surface area contributed by atoms with Gasteiger partial charge in [0.15, 0.2) is 5.11 Å². The van der Waals surface area contributed by atoms with E-state index in [1.165, 1.54) is 0 Å². The molecular formula is C20H23N3O2S. The van der Waals surface area contributed by atoms with Crippen molar-refractivity contribution in [2.75, 3.05) is 5.32 Å². The Bertz CT molecular complexity index is 778. The zero-order chi connectivity index (χ0) is 18.9. The summed E-state index contributed by atoms with van der Waals surface area (Å²) in [5.74, 6) is -0.332. The van der Waals surface area contributed by atoms with Crippen LogP contribution in [0.5, 0.6) is 0 Å². The van der Waals surface area contributed by atoms with Gasteiger partial charge in [0, 0.05) is 17.3 Å². The van der Waals surface area contributed by atoms with Crippen molar-refractivity contribution < 1.29 is 9.59 Å². The number of carbonyl (C=O) groups is 2.